The van der Waals surface area contributed by atoms with E-state index in [1.807, 2.05) is 6.92 Å². The van der Waals surface area contributed by atoms with Crippen LogP contribution in [0.1, 0.15) is 15.9 Å². The Labute approximate surface area is 142 Å². The van der Waals surface area contributed by atoms with Crippen LogP contribution in [0.5, 0.6) is 5.75 Å². The summed E-state index contributed by atoms with van der Waals surface area (Å²) in [7, 11) is 0. The Hall–Kier alpha value is -2.24. The van der Waals surface area contributed by atoms with Gasteiger partial charge in [0, 0.05) is 5.02 Å². The summed E-state index contributed by atoms with van der Waals surface area (Å²) in [5, 5.41) is 12.8. The number of hydrogen-bond donors (Lipinski definition) is 2. The molecule has 0 aromatic heterocycles. The molecule has 0 radical (unpaired) electrons. The maximum Gasteiger partial charge on any atom is 0.342 e. The molecule has 5 nitrogen and oxygen atoms in total. The van der Waals surface area contributed by atoms with E-state index < -0.39 is 18.5 Å². The van der Waals surface area contributed by atoms with Crippen LogP contribution in [0.2, 0.25) is 10.0 Å². The molecule has 0 saturated heterocycles. The molecule has 0 saturated carbocycles. The standard InChI is InChI=1S/C16H13Cl2NO4/c1-9-2-5-13(12(18)6-9)19-15(21)8-23-16(22)11-4-3-10(17)7-14(11)20/h2-7,20H,8H2,1H3,(H,19,21). The number of anilines is 1. The van der Waals surface area contributed by atoms with Crippen LogP contribution in [0.4, 0.5) is 5.69 Å². The second-order valence-electron chi connectivity index (χ2n) is 4.77. The summed E-state index contributed by atoms with van der Waals surface area (Å²) in [6.45, 7) is 1.36. The summed E-state index contributed by atoms with van der Waals surface area (Å²) in [5.74, 6) is -1.69. The van der Waals surface area contributed by atoms with Gasteiger partial charge in [0.25, 0.3) is 5.91 Å². The first-order chi connectivity index (χ1) is 10.9. The normalized spacial score (nSPS) is 10.2. The summed E-state index contributed by atoms with van der Waals surface area (Å²) < 4.78 is 4.85. The Bertz CT molecular complexity index is 762. The predicted octanol–water partition coefficient (Wildman–Crippen LogP) is 3.80. The van der Waals surface area contributed by atoms with E-state index in [0.29, 0.717) is 10.7 Å². The first kappa shape index (κ1) is 17.1. The lowest BCUT2D eigenvalue weighted by Crippen LogP contribution is -2.21. The number of hydrogen-bond acceptors (Lipinski definition) is 4. The van der Waals surface area contributed by atoms with Crippen molar-refractivity contribution in [1.29, 1.82) is 0 Å². The minimum absolute atomic E-state index is 0.0735. The van der Waals surface area contributed by atoms with Gasteiger partial charge in [-0.1, -0.05) is 29.3 Å². The molecule has 0 bridgehead atoms. The molecule has 2 N–H and O–H groups in total. The van der Waals surface area contributed by atoms with E-state index in [1.54, 1.807) is 18.2 Å². The molecule has 0 fully saturated rings. The van der Waals surface area contributed by atoms with Crippen LogP contribution >= 0.6 is 23.2 Å². The number of aryl methyl sites for hydroxylation is 1. The molecule has 0 atom stereocenters. The number of esters is 1. The highest BCUT2D eigenvalue weighted by molar-refractivity contribution is 6.33. The highest BCUT2D eigenvalue weighted by Crippen LogP contribution is 2.23. The van der Waals surface area contributed by atoms with Crippen molar-refractivity contribution in [2.24, 2.45) is 0 Å². The van der Waals surface area contributed by atoms with Crippen LogP contribution in [0.25, 0.3) is 0 Å². The van der Waals surface area contributed by atoms with Gasteiger partial charge in [0.2, 0.25) is 0 Å². The quantitative estimate of drug-likeness (QED) is 0.819. The lowest BCUT2D eigenvalue weighted by atomic mass is 10.2. The summed E-state index contributed by atoms with van der Waals surface area (Å²) in [6, 6.07) is 9.11. The molecule has 7 heteroatoms. The molecule has 0 spiro atoms. The monoisotopic (exact) mass is 353 g/mol. The summed E-state index contributed by atoms with van der Waals surface area (Å²) >= 11 is 11.7. The SMILES string of the molecule is Cc1ccc(NC(=O)COC(=O)c2ccc(Cl)cc2O)c(Cl)c1. The van der Waals surface area contributed by atoms with E-state index in [4.69, 9.17) is 27.9 Å². The molecule has 0 aliphatic heterocycles. The summed E-state index contributed by atoms with van der Waals surface area (Å²) in [6.07, 6.45) is 0. The Morgan fingerprint density at radius 2 is 1.91 bits per heavy atom. The molecular formula is C16H13Cl2NO4. The zero-order valence-corrected chi connectivity index (χ0v) is 13.6. The molecule has 0 unspecified atom stereocenters. The Balaban J connectivity index is 1.94. The number of ether oxygens (including phenoxy) is 1. The van der Waals surface area contributed by atoms with Crippen LogP contribution in [0, 0.1) is 6.92 Å². The van der Waals surface area contributed by atoms with E-state index in [-0.39, 0.29) is 16.3 Å². The number of carbonyl (C=O) groups is 2. The second-order valence-corrected chi connectivity index (χ2v) is 5.61. The Kier molecular flexibility index (Phi) is 5.47. The maximum atomic E-state index is 11.8. The van der Waals surface area contributed by atoms with Crippen molar-refractivity contribution in [3.8, 4) is 5.75 Å². The van der Waals surface area contributed by atoms with Gasteiger partial charge in [-0.3, -0.25) is 4.79 Å². The number of phenols is 1. The second kappa shape index (κ2) is 7.35. The minimum Gasteiger partial charge on any atom is -0.507 e. The molecule has 0 aliphatic carbocycles. The average molecular weight is 354 g/mol. The molecule has 2 aromatic carbocycles. The van der Waals surface area contributed by atoms with Crippen molar-refractivity contribution in [2.45, 2.75) is 6.92 Å². The van der Waals surface area contributed by atoms with Crippen LogP contribution in [-0.4, -0.2) is 23.6 Å². The summed E-state index contributed by atoms with van der Waals surface area (Å²) in [5.41, 5.74) is 1.31. The number of aromatic hydroxyl groups is 1. The molecule has 0 aliphatic rings. The average Bonchev–Trinajstić information content (AvgIpc) is 2.48. The van der Waals surface area contributed by atoms with Crippen LogP contribution < -0.4 is 5.32 Å². The van der Waals surface area contributed by atoms with E-state index in [9.17, 15) is 14.7 Å². The van der Waals surface area contributed by atoms with Crippen LogP contribution in [0.15, 0.2) is 36.4 Å². The summed E-state index contributed by atoms with van der Waals surface area (Å²) in [4.78, 5) is 23.6. The number of carbonyl (C=O) groups excluding carboxylic acids is 2. The number of halogens is 2. The van der Waals surface area contributed by atoms with Crippen molar-refractivity contribution in [3.63, 3.8) is 0 Å². The number of nitrogens with one attached hydrogen (secondary N) is 1. The maximum absolute atomic E-state index is 11.8. The predicted molar refractivity (Wildman–Crippen MR) is 88.2 cm³/mol. The lowest BCUT2D eigenvalue weighted by Gasteiger charge is -2.09. The third-order valence-electron chi connectivity index (χ3n) is 2.91. The van der Waals surface area contributed by atoms with Crippen LogP contribution in [-0.2, 0) is 9.53 Å². The number of benzene rings is 2. The highest BCUT2D eigenvalue weighted by atomic mass is 35.5. The van der Waals surface area contributed by atoms with Crippen molar-refractivity contribution < 1.29 is 19.4 Å². The largest absolute Gasteiger partial charge is 0.507 e. The third-order valence-corrected chi connectivity index (χ3v) is 3.46. The first-order valence-corrected chi connectivity index (χ1v) is 7.34. The molecule has 23 heavy (non-hydrogen) atoms. The number of amides is 1. The van der Waals surface area contributed by atoms with Gasteiger partial charge in [-0.15, -0.1) is 0 Å². The Morgan fingerprint density at radius 3 is 2.57 bits per heavy atom. The smallest absolute Gasteiger partial charge is 0.342 e. The zero-order chi connectivity index (χ0) is 17.0. The van der Waals surface area contributed by atoms with E-state index in [1.165, 1.54) is 18.2 Å². The van der Waals surface area contributed by atoms with Gasteiger partial charge in [0.05, 0.1) is 10.7 Å². The van der Waals surface area contributed by atoms with Gasteiger partial charge >= 0.3 is 5.97 Å². The molecular weight excluding hydrogens is 341 g/mol. The van der Waals surface area contributed by atoms with Crippen molar-refractivity contribution in [2.75, 3.05) is 11.9 Å². The fourth-order valence-corrected chi connectivity index (χ4v) is 2.24. The van der Waals surface area contributed by atoms with E-state index in [2.05, 4.69) is 5.32 Å². The molecule has 1 amide bonds. The lowest BCUT2D eigenvalue weighted by molar-refractivity contribution is -0.119. The van der Waals surface area contributed by atoms with Gasteiger partial charge in [0.15, 0.2) is 6.61 Å². The van der Waals surface area contributed by atoms with Gasteiger partial charge in [-0.05, 0) is 42.8 Å². The van der Waals surface area contributed by atoms with Crippen molar-refractivity contribution >= 4 is 40.8 Å². The molecule has 2 aromatic rings. The van der Waals surface area contributed by atoms with Crippen LogP contribution in [0.3, 0.4) is 0 Å². The molecule has 0 heterocycles. The minimum atomic E-state index is -0.829. The molecule has 2 rings (SSSR count). The Morgan fingerprint density at radius 1 is 1.17 bits per heavy atom. The van der Waals surface area contributed by atoms with Crippen molar-refractivity contribution in [1.82, 2.24) is 0 Å². The van der Waals surface area contributed by atoms with Gasteiger partial charge < -0.3 is 15.2 Å². The highest BCUT2D eigenvalue weighted by Gasteiger charge is 2.15. The third kappa shape index (κ3) is 4.61. The van der Waals surface area contributed by atoms with Crippen molar-refractivity contribution in [3.05, 3.63) is 57.6 Å². The van der Waals surface area contributed by atoms with Gasteiger partial charge in [-0.25, -0.2) is 4.79 Å². The fraction of sp³-hybridized carbons (Fsp3) is 0.125. The van der Waals surface area contributed by atoms with Gasteiger partial charge in [-0.2, -0.15) is 0 Å². The topological polar surface area (TPSA) is 75.6 Å². The fourth-order valence-electron chi connectivity index (χ4n) is 1.79. The number of phenolic OH excluding ortho intramolecular Hbond substituents is 1. The zero-order valence-electron chi connectivity index (χ0n) is 12.1. The number of rotatable bonds is 4. The van der Waals surface area contributed by atoms with Gasteiger partial charge in [0.1, 0.15) is 11.3 Å². The first-order valence-electron chi connectivity index (χ1n) is 6.58. The molecule has 120 valence electrons. The van der Waals surface area contributed by atoms with E-state index >= 15 is 0 Å². The van der Waals surface area contributed by atoms with E-state index in [0.717, 1.165) is 5.56 Å².